The van der Waals surface area contributed by atoms with E-state index in [2.05, 4.69) is 0 Å². The van der Waals surface area contributed by atoms with Crippen LogP contribution in [0.1, 0.15) is 27.7 Å². The Bertz CT molecular complexity index is 1390. The van der Waals surface area contributed by atoms with Gasteiger partial charge >= 0.3 is 0 Å². The second kappa shape index (κ2) is 14.9. The first kappa shape index (κ1) is 23.4. The van der Waals surface area contributed by atoms with E-state index in [1.165, 1.54) is 0 Å². The molecule has 1 N–H and O–H groups in total. The molecule has 0 spiro atoms. The molecule has 1 fully saturated rings. The lowest BCUT2D eigenvalue weighted by Crippen LogP contribution is -2.61. The first-order chi connectivity index (χ1) is 21.4. The van der Waals surface area contributed by atoms with Crippen LogP contribution in [0.4, 0.5) is 0 Å². The minimum absolute atomic E-state index is 0.185. The fourth-order valence-corrected chi connectivity index (χ4v) is 4.33. The Morgan fingerprint density at radius 1 is 0.525 bits per heavy atom. The minimum Gasteiger partial charge on any atom is -0.374 e. The molecule has 208 valence electrons. The van der Waals surface area contributed by atoms with Crippen molar-refractivity contribution in [3.63, 3.8) is 0 Å². The summed E-state index contributed by atoms with van der Waals surface area (Å²) in [6.45, 7) is -4.83. The highest BCUT2D eigenvalue weighted by Gasteiger charge is 2.48. The Labute approximate surface area is 241 Å². The zero-order valence-electron chi connectivity index (χ0n) is 25.9. The summed E-state index contributed by atoms with van der Waals surface area (Å²) in [5.41, 5.74) is 2.32. The van der Waals surface area contributed by atoms with Crippen molar-refractivity contribution in [1.82, 2.24) is 0 Å². The van der Waals surface area contributed by atoms with Crippen LogP contribution < -0.4 is 0 Å². The van der Waals surface area contributed by atoms with E-state index in [0.717, 1.165) is 0 Å². The van der Waals surface area contributed by atoms with E-state index in [1.54, 1.807) is 84.9 Å². The van der Waals surface area contributed by atoms with Crippen molar-refractivity contribution in [3.05, 3.63) is 144 Å². The summed E-state index contributed by atoms with van der Waals surface area (Å²) in [6, 6.07) is 35.7. The van der Waals surface area contributed by atoms with Crippen molar-refractivity contribution in [3.8, 4) is 0 Å². The van der Waals surface area contributed by atoms with Gasteiger partial charge in [-0.3, -0.25) is 0 Å². The summed E-state index contributed by atoms with van der Waals surface area (Å²) in [7, 11) is 0. The van der Waals surface area contributed by atoms with Gasteiger partial charge in [0, 0.05) is 0 Å². The van der Waals surface area contributed by atoms with Crippen LogP contribution in [0.3, 0.4) is 0 Å². The van der Waals surface area contributed by atoms with Gasteiger partial charge < -0.3 is 28.8 Å². The lowest BCUT2D eigenvalue weighted by atomic mass is 9.98. The molecule has 1 aliphatic rings. The SMILES string of the molecule is [2H]C(OC[C@H]1OC(O)[C@H](OC([2H])c2ccccc2)[C@@H](OC([2H])c2ccccc2)[C@@H]1OC([2H])c1ccccc1)c1ccccc1. The van der Waals surface area contributed by atoms with Crippen molar-refractivity contribution < 1.29 is 34.3 Å². The molecule has 1 heterocycles. The van der Waals surface area contributed by atoms with Gasteiger partial charge in [-0.2, -0.15) is 0 Å². The Morgan fingerprint density at radius 3 is 1.35 bits per heavy atom. The standard InChI is InChI=1S/C34H36O6/c35-34-33(39-24-29-19-11-4-12-20-29)32(38-23-28-17-9-3-10-18-28)31(37-22-27-15-7-2-8-16-27)30(40-34)25-36-21-26-13-5-1-6-14-26/h1-20,30-35H,21-25H2/t30-,31-,32+,33-,34?/m1/s1/i21D,22D,23D,24D/t21?,22?,23?,24?,30-,31-,32+,33-,34?. The molecule has 6 nitrogen and oxygen atoms in total. The van der Waals surface area contributed by atoms with E-state index in [4.69, 9.17) is 29.2 Å². The molecule has 0 aromatic heterocycles. The number of hydrogen-bond acceptors (Lipinski definition) is 6. The fourth-order valence-electron chi connectivity index (χ4n) is 4.33. The van der Waals surface area contributed by atoms with Gasteiger partial charge in [0.25, 0.3) is 0 Å². The third-order valence-corrected chi connectivity index (χ3v) is 6.37. The van der Waals surface area contributed by atoms with Crippen molar-refractivity contribution in [2.45, 2.75) is 57.0 Å². The van der Waals surface area contributed by atoms with Gasteiger partial charge in [-0.25, -0.2) is 0 Å². The van der Waals surface area contributed by atoms with Crippen LogP contribution in [0, 0.1) is 0 Å². The predicted octanol–water partition coefficient (Wildman–Crippen LogP) is 5.68. The topological polar surface area (TPSA) is 66.4 Å². The molecule has 9 atom stereocenters. The van der Waals surface area contributed by atoms with Gasteiger partial charge in [-0.1, -0.05) is 121 Å². The van der Waals surface area contributed by atoms with E-state index in [-0.39, 0.29) is 6.61 Å². The molecule has 1 saturated heterocycles. The first-order valence-electron chi connectivity index (χ1n) is 15.5. The molecule has 0 bridgehead atoms. The van der Waals surface area contributed by atoms with Gasteiger partial charge in [0.05, 0.1) is 38.4 Å². The third kappa shape index (κ3) is 8.08. The smallest absolute Gasteiger partial charge is 0.184 e. The second-order valence-corrected chi connectivity index (χ2v) is 9.31. The van der Waals surface area contributed by atoms with E-state index in [1.807, 2.05) is 36.4 Å². The molecule has 4 aromatic carbocycles. The van der Waals surface area contributed by atoms with Gasteiger partial charge in [0.15, 0.2) is 6.29 Å². The van der Waals surface area contributed by atoms with Crippen molar-refractivity contribution in [2.24, 2.45) is 0 Å². The van der Waals surface area contributed by atoms with Crippen molar-refractivity contribution in [2.75, 3.05) is 6.61 Å². The molecule has 6 heteroatoms. The summed E-state index contributed by atoms with van der Waals surface area (Å²) in [4.78, 5) is 0. The minimum atomic E-state index is -1.59. The second-order valence-electron chi connectivity index (χ2n) is 9.31. The van der Waals surface area contributed by atoms with Crippen LogP contribution in [0.15, 0.2) is 121 Å². The third-order valence-electron chi connectivity index (χ3n) is 6.37. The van der Waals surface area contributed by atoms with E-state index in [0.29, 0.717) is 22.3 Å². The molecule has 5 rings (SSSR count). The highest BCUT2D eigenvalue weighted by molar-refractivity contribution is 5.16. The van der Waals surface area contributed by atoms with Gasteiger partial charge in [-0.15, -0.1) is 0 Å². The molecule has 5 unspecified atom stereocenters. The summed E-state index contributed by atoms with van der Waals surface area (Å²) in [5.74, 6) is 0. The molecule has 0 radical (unpaired) electrons. The average molecular weight is 545 g/mol. The molecule has 4 aromatic rings. The van der Waals surface area contributed by atoms with Crippen molar-refractivity contribution in [1.29, 1.82) is 0 Å². The molecule has 40 heavy (non-hydrogen) atoms. The highest BCUT2D eigenvalue weighted by atomic mass is 16.7. The van der Waals surface area contributed by atoms with Gasteiger partial charge in [0.1, 0.15) is 24.4 Å². The number of aliphatic hydroxyl groups is 1. The molecular weight excluding hydrogens is 504 g/mol. The number of aliphatic hydroxyl groups excluding tert-OH is 1. The maximum atomic E-state index is 11.3. The molecule has 0 saturated carbocycles. The zero-order chi connectivity index (χ0) is 30.9. The Hall–Kier alpha value is -3.36. The van der Waals surface area contributed by atoms with Crippen molar-refractivity contribution >= 4 is 0 Å². The number of benzene rings is 4. The maximum Gasteiger partial charge on any atom is 0.184 e. The van der Waals surface area contributed by atoms with E-state index < -0.39 is 57.0 Å². The van der Waals surface area contributed by atoms with Crippen LogP contribution in [0.5, 0.6) is 0 Å². The van der Waals surface area contributed by atoms with E-state index in [9.17, 15) is 5.11 Å². The Kier molecular flexibility index (Phi) is 8.68. The quantitative estimate of drug-likeness (QED) is 0.234. The number of hydrogen-bond donors (Lipinski definition) is 1. The Balaban J connectivity index is 1.46. The lowest BCUT2D eigenvalue weighted by Gasteiger charge is -2.44. The highest BCUT2D eigenvalue weighted by Crippen LogP contribution is 2.30. The molecule has 1 aliphatic heterocycles. The van der Waals surface area contributed by atoms with Crippen LogP contribution in [0.25, 0.3) is 0 Å². The summed E-state index contributed by atoms with van der Waals surface area (Å²) >= 11 is 0. The summed E-state index contributed by atoms with van der Waals surface area (Å²) in [5, 5.41) is 11.3. The fraction of sp³-hybridized carbons (Fsp3) is 0.294. The Morgan fingerprint density at radius 2 is 0.900 bits per heavy atom. The predicted molar refractivity (Wildman–Crippen MR) is 152 cm³/mol. The molecule has 0 aliphatic carbocycles. The van der Waals surface area contributed by atoms with Gasteiger partial charge in [0.2, 0.25) is 0 Å². The van der Waals surface area contributed by atoms with Crippen LogP contribution in [0.2, 0.25) is 0 Å². The normalized spacial score (nSPS) is 27.3. The zero-order valence-corrected chi connectivity index (χ0v) is 21.9. The number of ether oxygens (including phenoxy) is 5. The molecule has 0 amide bonds. The van der Waals surface area contributed by atoms with Crippen LogP contribution in [-0.4, -0.2) is 42.4 Å². The molecular formula is C34H36O6. The monoisotopic (exact) mass is 544 g/mol. The van der Waals surface area contributed by atoms with Crippen LogP contribution >= 0.6 is 0 Å². The average Bonchev–Trinajstić information content (AvgIpc) is 3.07. The van der Waals surface area contributed by atoms with Crippen LogP contribution in [-0.2, 0) is 50.0 Å². The van der Waals surface area contributed by atoms with E-state index >= 15 is 0 Å². The summed E-state index contributed by atoms with van der Waals surface area (Å²) < 4.78 is 65.3. The maximum absolute atomic E-state index is 11.3. The first-order valence-corrected chi connectivity index (χ1v) is 13.2. The lowest BCUT2D eigenvalue weighted by molar-refractivity contribution is -0.317. The number of rotatable bonds is 13. The summed E-state index contributed by atoms with van der Waals surface area (Å²) in [6.07, 6.45) is -6.11. The van der Waals surface area contributed by atoms with Gasteiger partial charge in [-0.05, 0) is 22.3 Å². The largest absolute Gasteiger partial charge is 0.374 e.